The molecule has 0 saturated heterocycles. The lowest BCUT2D eigenvalue weighted by Gasteiger charge is -2.70. The molecule has 12 aliphatic carbocycles. The molecule has 4 aromatic carbocycles. The summed E-state index contributed by atoms with van der Waals surface area (Å²) in [5.74, 6) is 1.00. The summed E-state index contributed by atoms with van der Waals surface area (Å²) in [6.07, 6.45) is 22.8. The summed E-state index contributed by atoms with van der Waals surface area (Å²) in [4.78, 5) is 103. The maximum Gasteiger partial charge on any atom is 0.270 e. The van der Waals surface area contributed by atoms with E-state index in [-0.39, 0.29) is 123 Å². The minimum absolute atomic E-state index is 0.00405. The Balaban J connectivity index is 0.000000120. The van der Waals surface area contributed by atoms with Gasteiger partial charge >= 0.3 is 0 Å². The van der Waals surface area contributed by atoms with Gasteiger partial charge in [0, 0.05) is 115 Å². The van der Waals surface area contributed by atoms with E-state index in [2.05, 4.69) is 67.6 Å². The van der Waals surface area contributed by atoms with Gasteiger partial charge in [-0.05, 0) is 206 Å². The van der Waals surface area contributed by atoms with Crippen molar-refractivity contribution in [1.29, 1.82) is 0 Å². The highest BCUT2D eigenvalue weighted by molar-refractivity contribution is 6.42. The molecule has 12 aliphatic rings. The number of nitrogens with zero attached hydrogens (tertiary/aromatic N) is 7. The number of rotatable bonds is 24. The second-order valence-corrected chi connectivity index (χ2v) is 33.7. The molecule has 0 atom stereocenters. The Kier molecular flexibility index (Phi) is 21.2. The van der Waals surface area contributed by atoms with Gasteiger partial charge in [0.25, 0.3) is 41.4 Å². The molecular weight excluding hydrogens is 1570 g/mol. The van der Waals surface area contributed by atoms with Gasteiger partial charge in [-0.1, -0.05) is 70.1 Å². The molecule has 22 rings (SSSR count). The summed E-state index contributed by atoms with van der Waals surface area (Å²) in [7, 11) is 0. The van der Waals surface area contributed by atoms with Crippen molar-refractivity contribution in [3.05, 3.63) is 235 Å². The van der Waals surface area contributed by atoms with Crippen molar-refractivity contribution in [2.75, 3.05) is 31.7 Å². The Bertz CT molecular complexity index is 5270. The molecule has 10 aromatic rings. The number of hydrogen-bond acceptors (Lipinski definition) is 17. The summed E-state index contributed by atoms with van der Waals surface area (Å²) in [6, 6.07) is 32.6. The average molecular weight is 1650 g/mol. The number of aromatic nitrogens is 7. The van der Waals surface area contributed by atoms with Crippen LogP contribution in [-0.2, 0) is 19.2 Å². The van der Waals surface area contributed by atoms with Gasteiger partial charge in [0.1, 0.15) is 40.3 Å². The van der Waals surface area contributed by atoms with E-state index in [4.69, 9.17) is 77.0 Å². The number of fused-ring (bicyclic) bond motifs is 2. The van der Waals surface area contributed by atoms with Crippen LogP contribution in [0.15, 0.2) is 165 Å². The van der Waals surface area contributed by atoms with E-state index in [0.29, 0.717) is 59.8 Å². The van der Waals surface area contributed by atoms with Crippen LogP contribution < -0.4 is 61.5 Å². The molecule has 12 saturated carbocycles. The third kappa shape index (κ3) is 17.2. The van der Waals surface area contributed by atoms with Gasteiger partial charge in [0.2, 0.25) is 0 Å². The van der Waals surface area contributed by atoms with Crippen molar-refractivity contribution in [3.63, 3.8) is 0 Å². The number of benzene rings is 4. The average Bonchev–Trinajstić information content (AvgIpc) is 0.734. The van der Waals surface area contributed by atoms with Crippen LogP contribution in [0.2, 0.25) is 25.1 Å². The number of amides is 7. The molecule has 8 bridgehead atoms. The normalized spacial score (nSPS) is 24.5. The van der Waals surface area contributed by atoms with Gasteiger partial charge in [-0.2, -0.15) is 5.10 Å². The van der Waals surface area contributed by atoms with Crippen molar-refractivity contribution in [2.24, 2.45) is 0 Å². The van der Waals surface area contributed by atoms with Gasteiger partial charge in [-0.15, -0.1) is 0 Å². The molecular formula is C82H79Cl5FN15O11. The van der Waals surface area contributed by atoms with Crippen LogP contribution in [0.1, 0.15) is 131 Å². The highest BCUT2D eigenvalue weighted by Crippen LogP contribution is 2.63. The number of aryl methyl sites for hydroxylation is 4. The first kappa shape index (κ1) is 78.4. The molecule has 7 amide bonds. The Morgan fingerprint density at radius 1 is 0.439 bits per heavy atom. The molecule has 32 heteroatoms. The molecule has 6 heterocycles. The first-order chi connectivity index (χ1) is 54.4. The van der Waals surface area contributed by atoms with Crippen molar-refractivity contribution >= 4 is 116 Å². The van der Waals surface area contributed by atoms with E-state index >= 15 is 0 Å². The Hall–Kier alpha value is -10.8. The van der Waals surface area contributed by atoms with E-state index in [1.54, 1.807) is 102 Å². The third-order valence-electron chi connectivity index (χ3n) is 22.0. The number of nitrogens with one attached hydrogen (secondary N) is 8. The quantitative estimate of drug-likeness (QED) is 0.0279. The second-order valence-electron chi connectivity index (χ2n) is 31.7. The van der Waals surface area contributed by atoms with E-state index in [1.165, 1.54) is 18.2 Å². The van der Waals surface area contributed by atoms with Crippen molar-refractivity contribution in [1.82, 2.24) is 71.2 Å². The smallest absolute Gasteiger partial charge is 0.270 e. The molecule has 12 fully saturated rings. The van der Waals surface area contributed by atoms with E-state index < -0.39 is 5.82 Å². The Morgan fingerprint density at radius 2 is 0.904 bits per heavy atom. The summed E-state index contributed by atoms with van der Waals surface area (Å²) in [5.41, 5.74) is 5.30. The van der Waals surface area contributed by atoms with Crippen molar-refractivity contribution in [3.8, 4) is 23.0 Å². The summed E-state index contributed by atoms with van der Waals surface area (Å²) < 4.78 is 38.8. The predicted octanol–water partition coefficient (Wildman–Crippen LogP) is 11.9. The van der Waals surface area contributed by atoms with Gasteiger partial charge in [-0.25, -0.2) is 18.9 Å². The largest absolute Gasteiger partial charge is 0.484 e. The lowest BCUT2D eigenvalue weighted by molar-refractivity contribution is -0.142. The van der Waals surface area contributed by atoms with Crippen molar-refractivity contribution < 1.29 is 56.9 Å². The third-order valence-corrected chi connectivity index (χ3v) is 23.9. The monoisotopic (exact) mass is 1640 g/mol. The van der Waals surface area contributed by atoms with Gasteiger partial charge in [0.05, 0.1) is 44.3 Å². The van der Waals surface area contributed by atoms with Crippen LogP contribution in [0.5, 0.6) is 23.0 Å². The zero-order chi connectivity index (χ0) is 80.2. The van der Waals surface area contributed by atoms with Crippen LogP contribution >= 0.6 is 58.0 Å². The predicted molar refractivity (Wildman–Crippen MR) is 424 cm³/mol. The first-order valence-corrected chi connectivity index (χ1v) is 38.8. The number of anilines is 1. The lowest BCUT2D eigenvalue weighted by atomic mass is 9.44. The van der Waals surface area contributed by atoms with Gasteiger partial charge in [-0.3, -0.25) is 43.5 Å². The molecule has 6 aromatic heterocycles. The fraction of sp³-hybridized carbons (Fsp3) is 0.341. The van der Waals surface area contributed by atoms with Gasteiger partial charge < -0.3 is 65.9 Å². The van der Waals surface area contributed by atoms with Crippen LogP contribution in [0, 0.1) is 33.5 Å². The van der Waals surface area contributed by atoms with Crippen LogP contribution in [0.4, 0.5) is 10.2 Å². The van der Waals surface area contributed by atoms with Crippen molar-refractivity contribution in [2.45, 2.75) is 149 Å². The molecule has 114 heavy (non-hydrogen) atoms. The number of ether oxygens (including phenoxy) is 4. The number of carbonyl (C=O) groups excluding carboxylic acids is 7. The zero-order valence-electron chi connectivity index (χ0n) is 62.3. The zero-order valence-corrected chi connectivity index (χ0v) is 66.1. The highest BCUT2D eigenvalue weighted by atomic mass is 35.5. The number of halogens is 6. The molecule has 8 N–H and O–H groups in total. The molecule has 26 nitrogen and oxygen atoms in total. The Morgan fingerprint density at radius 3 is 1.38 bits per heavy atom. The SMILES string of the molecule is Cc1cc(OCC(=O)NC23CC(NC(=O)c4cc5ccccn5c4)(C2)C3)ccc1Cl.Cc1cc(OCC(=O)NC23CC(NC(=O)c4cnc5ccnn5c4)(C2)C3)ccc1Cl.Cc1ccc(C(=O)NC23CC(NC(=O)COc4ccc(Cl)c(Cl)c4)(C2)C3)nc1.Cc1cncc(NC23CC(NC(=O)COc4ccc(Cl)c(F)c4)(C2)C3)n1. The Labute approximate surface area is 679 Å². The lowest BCUT2D eigenvalue weighted by Crippen LogP contribution is -2.84. The fourth-order valence-electron chi connectivity index (χ4n) is 17.1. The van der Waals surface area contributed by atoms with Crippen LogP contribution in [0.25, 0.3) is 11.2 Å². The number of pyridine rings is 2. The maximum absolute atomic E-state index is 13.4. The van der Waals surface area contributed by atoms with Gasteiger partial charge in [0.15, 0.2) is 32.1 Å². The topological polar surface area (TPSA) is 326 Å². The highest BCUT2D eigenvalue weighted by Gasteiger charge is 2.72. The molecule has 0 spiro atoms. The molecule has 0 unspecified atom stereocenters. The minimum atomic E-state index is -0.573. The van der Waals surface area contributed by atoms with E-state index in [9.17, 15) is 38.0 Å². The first-order valence-electron chi connectivity index (χ1n) is 36.9. The van der Waals surface area contributed by atoms with Crippen LogP contribution in [0.3, 0.4) is 0 Å². The molecule has 590 valence electrons. The summed E-state index contributed by atoms with van der Waals surface area (Å²) >= 11 is 29.4. The summed E-state index contributed by atoms with van der Waals surface area (Å²) in [6.45, 7) is 7.23. The van der Waals surface area contributed by atoms with E-state index in [0.717, 1.165) is 111 Å². The molecule has 0 radical (unpaired) electrons. The van der Waals surface area contributed by atoms with E-state index in [1.807, 2.05) is 80.9 Å². The fourth-order valence-corrected chi connectivity index (χ4v) is 17.8. The second kappa shape index (κ2) is 30.8. The molecule has 0 aliphatic heterocycles. The number of carbonyl (C=O) groups is 7. The minimum Gasteiger partial charge on any atom is -0.484 e. The summed E-state index contributed by atoms with van der Waals surface area (Å²) in [5, 5.41) is 31.1. The maximum atomic E-state index is 13.4. The standard InChI is InChI=1S/C23H22ClN3O3.C21H20ClN5O3.C20H19Cl2N3O3.C18H18ClFN4O2/c1-15-8-18(5-6-19(15)24)30-11-20(28)25-22-12-23(13-22,14-22)26-21(29)16-9-17-4-2-3-7-27(17)10-16;1-13-6-15(2-3-16(13)22)30-9-18(28)25-20-10-21(11-20,12-20)26-19(29)14-7-23-17-4-5-24-27(17)8-14;1-12-2-5-16(23-7-12)18(27)25-20-9-19(10-20,11-20)24-17(26)8-28-13-3-4-14(21)15(22)6-13;1-11-5-21-6-15(22-11)23-17-8-18(9-17,10-17)24-16(25)7-26-12-2-3-13(19)14(20)4-12/h2-10H,11-14H2,1H3,(H,25,28)(H,26,29);2-8H,9-12H2,1H3,(H,25,28)(H,26,29);2-7H,8-11H2,1H3,(H,24,26)(H,25,27);2-6H,7-10H2,1H3,(H,22,23)(H,24,25). The number of hydrogen-bond donors (Lipinski definition) is 8. The van der Waals surface area contributed by atoms with Crippen LogP contribution in [-0.4, -0.2) is 146 Å².